The van der Waals surface area contributed by atoms with Crippen LogP contribution in [0, 0.1) is 0 Å². The minimum Gasteiger partial charge on any atom is -0.493 e. The van der Waals surface area contributed by atoms with Gasteiger partial charge in [0.2, 0.25) is 5.75 Å². The minimum atomic E-state index is -0.158. The lowest BCUT2D eigenvalue weighted by molar-refractivity contribution is 0.104. The van der Waals surface area contributed by atoms with Crippen molar-refractivity contribution in [2.75, 3.05) is 21.3 Å². The standard InChI is InChI=1S/C19H21NO4/c1-22-17-11-15(12-18(23-2)19(17)24-3)16(21)9-10-20-13-14-7-5-4-6-8-14/h4-12,20H,13H2,1-3H3/b10-9+. The molecule has 1 N–H and O–H groups in total. The number of hydrogen-bond donors (Lipinski definition) is 1. The van der Waals surface area contributed by atoms with Crippen LogP contribution in [-0.2, 0) is 6.54 Å². The van der Waals surface area contributed by atoms with Gasteiger partial charge in [0, 0.05) is 24.4 Å². The molecule has 2 aromatic rings. The maximum Gasteiger partial charge on any atom is 0.203 e. The summed E-state index contributed by atoms with van der Waals surface area (Å²) in [6, 6.07) is 13.2. The van der Waals surface area contributed by atoms with Crippen molar-refractivity contribution in [1.29, 1.82) is 0 Å². The Kier molecular flexibility index (Phi) is 6.25. The van der Waals surface area contributed by atoms with Crippen LogP contribution in [0.5, 0.6) is 17.2 Å². The zero-order valence-electron chi connectivity index (χ0n) is 14.0. The van der Waals surface area contributed by atoms with Crippen LogP contribution in [0.3, 0.4) is 0 Å². The zero-order valence-corrected chi connectivity index (χ0v) is 14.0. The van der Waals surface area contributed by atoms with Crippen molar-refractivity contribution < 1.29 is 19.0 Å². The SMILES string of the molecule is COc1cc(C(=O)/C=C/NCc2ccccc2)cc(OC)c1OC. The molecule has 0 saturated heterocycles. The molecule has 24 heavy (non-hydrogen) atoms. The van der Waals surface area contributed by atoms with Crippen LogP contribution in [0.1, 0.15) is 15.9 Å². The number of nitrogens with one attached hydrogen (secondary N) is 1. The van der Waals surface area contributed by atoms with Crippen molar-refractivity contribution in [3.05, 3.63) is 65.9 Å². The highest BCUT2D eigenvalue weighted by Gasteiger charge is 2.15. The third-order valence-corrected chi connectivity index (χ3v) is 3.45. The van der Waals surface area contributed by atoms with Gasteiger partial charge in [0.05, 0.1) is 21.3 Å². The molecule has 2 rings (SSSR count). The van der Waals surface area contributed by atoms with E-state index in [4.69, 9.17) is 14.2 Å². The average Bonchev–Trinajstić information content (AvgIpc) is 2.64. The first-order valence-electron chi connectivity index (χ1n) is 7.47. The van der Waals surface area contributed by atoms with Gasteiger partial charge in [-0.2, -0.15) is 0 Å². The second-order valence-electron chi connectivity index (χ2n) is 4.98. The fraction of sp³-hybridized carbons (Fsp3) is 0.211. The van der Waals surface area contributed by atoms with E-state index >= 15 is 0 Å². The number of allylic oxidation sites excluding steroid dienone is 1. The second kappa shape index (κ2) is 8.62. The predicted octanol–water partition coefficient (Wildman–Crippen LogP) is 3.20. The summed E-state index contributed by atoms with van der Waals surface area (Å²) >= 11 is 0. The van der Waals surface area contributed by atoms with Gasteiger partial charge in [-0.05, 0) is 17.7 Å². The molecule has 0 aliphatic heterocycles. The zero-order chi connectivity index (χ0) is 17.4. The van der Waals surface area contributed by atoms with Crippen LogP contribution in [0.25, 0.3) is 0 Å². The summed E-state index contributed by atoms with van der Waals surface area (Å²) in [6.45, 7) is 0.653. The number of carbonyl (C=O) groups is 1. The van der Waals surface area contributed by atoms with E-state index in [1.54, 1.807) is 18.3 Å². The molecule has 0 fully saturated rings. The first kappa shape index (κ1) is 17.4. The highest BCUT2D eigenvalue weighted by molar-refractivity contribution is 6.05. The average molecular weight is 327 g/mol. The topological polar surface area (TPSA) is 56.8 Å². The van der Waals surface area contributed by atoms with Crippen LogP contribution in [0.15, 0.2) is 54.7 Å². The van der Waals surface area contributed by atoms with E-state index in [1.165, 1.54) is 27.4 Å². The van der Waals surface area contributed by atoms with E-state index in [9.17, 15) is 4.79 Å². The van der Waals surface area contributed by atoms with E-state index in [2.05, 4.69) is 5.32 Å². The Hall–Kier alpha value is -2.95. The summed E-state index contributed by atoms with van der Waals surface area (Å²) < 4.78 is 15.8. The number of rotatable bonds is 8. The highest BCUT2D eigenvalue weighted by Crippen LogP contribution is 2.38. The van der Waals surface area contributed by atoms with Crippen molar-refractivity contribution >= 4 is 5.78 Å². The molecule has 0 amide bonds. The van der Waals surface area contributed by atoms with Crippen LogP contribution in [0.4, 0.5) is 0 Å². The van der Waals surface area contributed by atoms with Crippen LogP contribution in [-0.4, -0.2) is 27.1 Å². The molecular weight excluding hydrogens is 306 g/mol. The minimum absolute atomic E-state index is 0.158. The lowest BCUT2D eigenvalue weighted by Gasteiger charge is -2.13. The van der Waals surface area contributed by atoms with Gasteiger partial charge < -0.3 is 19.5 Å². The molecule has 0 heterocycles. The van der Waals surface area contributed by atoms with E-state index < -0.39 is 0 Å². The molecule has 126 valence electrons. The van der Waals surface area contributed by atoms with Gasteiger partial charge in [0.1, 0.15) is 0 Å². The fourth-order valence-electron chi connectivity index (χ4n) is 2.23. The number of benzene rings is 2. The first-order valence-corrected chi connectivity index (χ1v) is 7.47. The number of ketones is 1. The maximum atomic E-state index is 12.3. The Morgan fingerprint density at radius 2 is 1.62 bits per heavy atom. The van der Waals surface area contributed by atoms with Gasteiger partial charge >= 0.3 is 0 Å². The van der Waals surface area contributed by atoms with Crippen molar-refractivity contribution in [2.45, 2.75) is 6.54 Å². The molecule has 2 aromatic carbocycles. The van der Waals surface area contributed by atoms with E-state index in [1.807, 2.05) is 30.3 Å². The number of methoxy groups -OCH3 is 3. The Labute approximate surface area is 141 Å². The maximum absolute atomic E-state index is 12.3. The smallest absolute Gasteiger partial charge is 0.203 e. The molecule has 0 spiro atoms. The van der Waals surface area contributed by atoms with Gasteiger partial charge in [-0.25, -0.2) is 0 Å². The van der Waals surface area contributed by atoms with Crippen molar-refractivity contribution in [3.8, 4) is 17.2 Å². The van der Waals surface area contributed by atoms with Gasteiger partial charge in [0.15, 0.2) is 17.3 Å². The van der Waals surface area contributed by atoms with Crippen molar-refractivity contribution in [2.24, 2.45) is 0 Å². The highest BCUT2D eigenvalue weighted by atomic mass is 16.5. The number of carbonyl (C=O) groups excluding carboxylic acids is 1. The Morgan fingerprint density at radius 3 is 2.17 bits per heavy atom. The van der Waals surface area contributed by atoms with Gasteiger partial charge in [-0.1, -0.05) is 30.3 Å². The summed E-state index contributed by atoms with van der Waals surface area (Å²) in [5.74, 6) is 1.20. The van der Waals surface area contributed by atoms with E-state index in [0.717, 1.165) is 5.56 Å². The Balaban J connectivity index is 2.07. The number of hydrogen-bond acceptors (Lipinski definition) is 5. The van der Waals surface area contributed by atoms with Gasteiger partial charge in [0.25, 0.3) is 0 Å². The molecule has 0 radical (unpaired) electrons. The number of ether oxygens (including phenoxy) is 3. The van der Waals surface area contributed by atoms with E-state index in [-0.39, 0.29) is 5.78 Å². The lowest BCUT2D eigenvalue weighted by atomic mass is 10.1. The summed E-state index contributed by atoms with van der Waals surface area (Å²) in [5, 5.41) is 3.09. The van der Waals surface area contributed by atoms with Gasteiger partial charge in [-0.15, -0.1) is 0 Å². The molecule has 0 atom stereocenters. The van der Waals surface area contributed by atoms with Crippen LogP contribution < -0.4 is 19.5 Å². The summed E-state index contributed by atoms with van der Waals surface area (Å²) in [6.07, 6.45) is 3.11. The first-order chi connectivity index (χ1) is 11.7. The summed E-state index contributed by atoms with van der Waals surface area (Å²) in [4.78, 5) is 12.3. The third-order valence-electron chi connectivity index (χ3n) is 3.45. The fourth-order valence-corrected chi connectivity index (χ4v) is 2.23. The molecule has 5 nitrogen and oxygen atoms in total. The quantitative estimate of drug-likeness (QED) is 0.596. The lowest BCUT2D eigenvalue weighted by Crippen LogP contribution is -2.06. The van der Waals surface area contributed by atoms with E-state index in [0.29, 0.717) is 29.4 Å². The largest absolute Gasteiger partial charge is 0.493 e. The normalized spacial score (nSPS) is 10.5. The summed E-state index contributed by atoms with van der Waals surface area (Å²) in [7, 11) is 4.56. The van der Waals surface area contributed by atoms with Crippen molar-refractivity contribution in [1.82, 2.24) is 5.32 Å². The molecule has 0 saturated carbocycles. The molecule has 0 aliphatic rings. The molecule has 0 unspecified atom stereocenters. The van der Waals surface area contributed by atoms with Crippen LogP contribution >= 0.6 is 0 Å². The molecular formula is C19H21NO4. The molecule has 0 bridgehead atoms. The monoisotopic (exact) mass is 327 g/mol. The van der Waals surface area contributed by atoms with Gasteiger partial charge in [-0.3, -0.25) is 4.79 Å². The summed E-state index contributed by atoms with van der Waals surface area (Å²) in [5.41, 5.74) is 1.60. The van der Waals surface area contributed by atoms with Crippen LogP contribution in [0.2, 0.25) is 0 Å². The second-order valence-corrected chi connectivity index (χ2v) is 4.98. The molecule has 0 aromatic heterocycles. The van der Waals surface area contributed by atoms with Crippen molar-refractivity contribution in [3.63, 3.8) is 0 Å². The Morgan fingerprint density at radius 1 is 1.00 bits per heavy atom. The predicted molar refractivity (Wildman–Crippen MR) is 92.9 cm³/mol. The molecule has 5 heteroatoms. The Bertz CT molecular complexity index is 686. The third kappa shape index (κ3) is 4.29. The molecule has 0 aliphatic carbocycles.